The fourth-order valence-corrected chi connectivity index (χ4v) is 2.79. The molecule has 0 N–H and O–H groups in total. The van der Waals surface area contributed by atoms with E-state index in [0.29, 0.717) is 12.2 Å². The van der Waals surface area contributed by atoms with Crippen LogP contribution in [0, 0.1) is 12.7 Å². The number of cyclic esters (lactones) is 1. The number of ether oxygens (including phenoxy) is 2. The van der Waals surface area contributed by atoms with Crippen molar-refractivity contribution < 1.29 is 18.7 Å². The minimum absolute atomic E-state index is 0.166. The van der Waals surface area contributed by atoms with Gasteiger partial charge in [0, 0.05) is 5.56 Å². The van der Waals surface area contributed by atoms with Crippen molar-refractivity contribution in [3.63, 3.8) is 0 Å². The van der Waals surface area contributed by atoms with Gasteiger partial charge in [0.15, 0.2) is 5.70 Å². The first-order valence-electron chi connectivity index (χ1n) is 9.14. The highest BCUT2D eigenvalue weighted by Crippen LogP contribution is 2.21. The highest BCUT2D eigenvalue weighted by Gasteiger charge is 2.24. The van der Waals surface area contributed by atoms with Crippen LogP contribution in [0.5, 0.6) is 5.75 Å². The van der Waals surface area contributed by atoms with Gasteiger partial charge in [0.2, 0.25) is 5.90 Å². The molecular formula is C24H18FNO3. The molecule has 0 unspecified atom stereocenters. The molecule has 0 aromatic heterocycles. The van der Waals surface area contributed by atoms with Gasteiger partial charge in [-0.1, -0.05) is 42.0 Å². The largest absolute Gasteiger partial charge is 0.489 e. The molecule has 0 bridgehead atoms. The molecule has 4 nitrogen and oxygen atoms in total. The predicted octanol–water partition coefficient (Wildman–Crippen LogP) is 5.06. The molecule has 29 heavy (non-hydrogen) atoms. The first-order valence-corrected chi connectivity index (χ1v) is 9.14. The van der Waals surface area contributed by atoms with E-state index in [2.05, 4.69) is 17.1 Å². The van der Waals surface area contributed by atoms with E-state index in [1.807, 2.05) is 43.3 Å². The molecule has 0 aliphatic carbocycles. The summed E-state index contributed by atoms with van der Waals surface area (Å²) in [6, 6.07) is 21.2. The van der Waals surface area contributed by atoms with E-state index in [1.54, 1.807) is 6.08 Å². The molecule has 0 amide bonds. The van der Waals surface area contributed by atoms with E-state index in [9.17, 15) is 9.18 Å². The Bertz CT molecular complexity index is 1080. The SMILES string of the molecule is Cc1ccc(COc2ccc(/C=C3\N=C(c4ccc(F)cc4)OC3=O)cc2)cc1. The van der Waals surface area contributed by atoms with E-state index >= 15 is 0 Å². The van der Waals surface area contributed by atoms with E-state index < -0.39 is 5.97 Å². The van der Waals surface area contributed by atoms with Gasteiger partial charge in [0.05, 0.1) is 0 Å². The topological polar surface area (TPSA) is 47.9 Å². The monoisotopic (exact) mass is 387 g/mol. The van der Waals surface area contributed by atoms with Crippen LogP contribution in [0.3, 0.4) is 0 Å². The Hall–Kier alpha value is -3.73. The summed E-state index contributed by atoms with van der Waals surface area (Å²) >= 11 is 0. The number of benzene rings is 3. The van der Waals surface area contributed by atoms with Gasteiger partial charge in [-0.15, -0.1) is 0 Å². The first kappa shape index (κ1) is 18.6. The van der Waals surface area contributed by atoms with Gasteiger partial charge >= 0.3 is 5.97 Å². The van der Waals surface area contributed by atoms with Crippen LogP contribution in [0.4, 0.5) is 4.39 Å². The number of carbonyl (C=O) groups is 1. The van der Waals surface area contributed by atoms with Crippen LogP contribution >= 0.6 is 0 Å². The van der Waals surface area contributed by atoms with Gasteiger partial charge in [-0.25, -0.2) is 14.2 Å². The van der Waals surface area contributed by atoms with Crippen LogP contribution in [-0.4, -0.2) is 11.9 Å². The second-order valence-corrected chi connectivity index (χ2v) is 6.69. The molecule has 1 aliphatic rings. The van der Waals surface area contributed by atoms with Gasteiger partial charge in [-0.3, -0.25) is 0 Å². The quantitative estimate of drug-likeness (QED) is 0.454. The molecule has 1 aliphatic heterocycles. The molecule has 0 radical (unpaired) electrons. The molecule has 4 rings (SSSR count). The number of aliphatic imine (C=N–C) groups is 1. The molecule has 5 heteroatoms. The van der Waals surface area contributed by atoms with Gasteiger partial charge in [-0.05, 0) is 60.5 Å². The molecule has 0 fully saturated rings. The highest BCUT2D eigenvalue weighted by molar-refractivity contribution is 6.12. The van der Waals surface area contributed by atoms with Crippen molar-refractivity contribution in [2.24, 2.45) is 4.99 Å². The molecule has 0 spiro atoms. The first-order chi connectivity index (χ1) is 14.1. The third kappa shape index (κ3) is 4.58. The Morgan fingerprint density at radius 3 is 2.34 bits per heavy atom. The zero-order valence-electron chi connectivity index (χ0n) is 15.8. The van der Waals surface area contributed by atoms with E-state index in [1.165, 1.54) is 29.8 Å². The molecule has 1 heterocycles. The Balaban J connectivity index is 1.44. The third-order valence-corrected chi connectivity index (χ3v) is 4.42. The fourth-order valence-electron chi connectivity index (χ4n) is 2.79. The van der Waals surface area contributed by atoms with Gasteiger partial charge in [0.25, 0.3) is 0 Å². The Morgan fingerprint density at radius 1 is 0.966 bits per heavy atom. The lowest BCUT2D eigenvalue weighted by Crippen LogP contribution is -2.05. The molecule has 3 aromatic carbocycles. The number of hydrogen-bond acceptors (Lipinski definition) is 4. The number of hydrogen-bond donors (Lipinski definition) is 0. The van der Waals surface area contributed by atoms with Crippen molar-refractivity contribution in [2.45, 2.75) is 13.5 Å². The molecule has 144 valence electrons. The van der Waals surface area contributed by atoms with Crippen molar-refractivity contribution in [1.82, 2.24) is 0 Å². The maximum atomic E-state index is 13.0. The molecule has 0 saturated heterocycles. The van der Waals surface area contributed by atoms with Crippen LogP contribution in [-0.2, 0) is 16.1 Å². The van der Waals surface area contributed by atoms with Crippen molar-refractivity contribution in [3.8, 4) is 5.75 Å². The third-order valence-electron chi connectivity index (χ3n) is 4.42. The minimum Gasteiger partial charge on any atom is -0.489 e. The van der Waals surface area contributed by atoms with Gasteiger partial charge < -0.3 is 9.47 Å². The summed E-state index contributed by atoms with van der Waals surface area (Å²) in [6.45, 7) is 2.53. The lowest BCUT2D eigenvalue weighted by Gasteiger charge is -2.07. The second-order valence-electron chi connectivity index (χ2n) is 6.69. The summed E-state index contributed by atoms with van der Waals surface area (Å²) in [7, 11) is 0. The average Bonchev–Trinajstić information content (AvgIpc) is 3.09. The number of rotatable bonds is 5. The van der Waals surface area contributed by atoms with E-state index in [-0.39, 0.29) is 17.4 Å². The van der Waals surface area contributed by atoms with Gasteiger partial charge in [0.1, 0.15) is 18.2 Å². The number of halogens is 1. The van der Waals surface area contributed by atoms with Crippen LogP contribution in [0.1, 0.15) is 22.3 Å². The lowest BCUT2D eigenvalue weighted by molar-refractivity contribution is -0.129. The highest BCUT2D eigenvalue weighted by atomic mass is 19.1. The standard InChI is InChI=1S/C24H18FNO3/c1-16-2-4-18(5-3-16)15-28-21-12-6-17(7-13-21)14-22-24(27)29-23(26-22)19-8-10-20(25)11-9-19/h2-14H,15H2,1H3/b22-14-. The van der Waals surface area contributed by atoms with Crippen molar-refractivity contribution >= 4 is 17.9 Å². The molecular weight excluding hydrogens is 369 g/mol. The lowest BCUT2D eigenvalue weighted by atomic mass is 10.1. The number of esters is 1. The van der Waals surface area contributed by atoms with Crippen LogP contribution in [0.25, 0.3) is 6.08 Å². The Kier molecular flexibility index (Phi) is 5.20. The fraction of sp³-hybridized carbons (Fsp3) is 0.0833. The zero-order chi connectivity index (χ0) is 20.2. The Morgan fingerprint density at radius 2 is 1.66 bits per heavy atom. The van der Waals surface area contributed by atoms with Crippen molar-refractivity contribution in [1.29, 1.82) is 0 Å². The minimum atomic E-state index is -0.538. The second kappa shape index (κ2) is 8.10. The smallest absolute Gasteiger partial charge is 0.363 e. The average molecular weight is 387 g/mol. The van der Waals surface area contributed by atoms with E-state index in [0.717, 1.165) is 16.9 Å². The van der Waals surface area contributed by atoms with Crippen molar-refractivity contribution in [2.75, 3.05) is 0 Å². The number of aryl methyl sites for hydroxylation is 1. The van der Waals surface area contributed by atoms with Crippen LogP contribution in [0.2, 0.25) is 0 Å². The molecule has 3 aromatic rings. The normalized spacial score (nSPS) is 14.6. The molecule has 0 saturated carbocycles. The summed E-state index contributed by atoms with van der Waals surface area (Å²) in [5, 5.41) is 0. The molecule has 0 atom stereocenters. The van der Waals surface area contributed by atoms with Crippen LogP contribution < -0.4 is 4.74 Å². The zero-order valence-corrected chi connectivity index (χ0v) is 15.8. The van der Waals surface area contributed by atoms with Gasteiger partial charge in [-0.2, -0.15) is 0 Å². The number of nitrogens with zero attached hydrogens (tertiary/aromatic N) is 1. The van der Waals surface area contributed by atoms with E-state index in [4.69, 9.17) is 9.47 Å². The number of carbonyl (C=O) groups excluding carboxylic acids is 1. The maximum absolute atomic E-state index is 13.0. The van der Waals surface area contributed by atoms with Crippen LogP contribution in [0.15, 0.2) is 83.5 Å². The predicted molar refractivity (Wildman–Crippen MR) is 109 cm³/mol. The summed E-state index contributed by atoms with van der Waals surface area (Å²) < 4.78 is 24.0. The summed E-state index contributed by atoms with van der Waals surface area (Å²) in [5.74, 6) is -0.000300. The Labute approximate surface area is 167 Å². The van der Waals surface area contributed by atoms with Crippen molar-refractivity contribution in [3.05, 3.63) is 107 Å². The maximum Gasteiger partial charge on any atom is 0.363 e. The summed E-state index contributed by atoms with van der Waals surface area (Å²) in [4.78, 5) is 16.3. The summed E-state index contributed by atoms with van der Waals surface area (Å²) in [6.07, 6.45) is 1.64. The summed E-state index contributed by atoms with van der Waals surface area (Å²) in [5.41, 5.74) is 3.84.